The van der Waals surface area contributed by atoms with Crippen LogP contribution < -0.4 is 10.1 Å². The van der Waals surface area contributed by atoms with E-state index in [2.05, 4.69) is 25.8 Å². The van der Waals surface area contributed by atoms with Gasteiger partial charge >= 0.3 is 0 Å². The van der Waals surface area contributed by atoms with E-state index in [1.807, 2.05) is 23.8 Å². The van der Waals surface area contributed by atoms with Gasteiger partial charge in [0, 0.05) is 12.1 Å². The van der Waals surface area contributed by atoms with E-state index >= 15 is 0 Å². The number of halogens is 2. The zero-order valence-electron chi connectivity index (χ0n) is 19.2. The van der Waals surface area contributed by atoms with Gasteiger partial charge in [0.05, 0.1) is 48.2 Å². The third-order valence-corrected chi connectivity index (χ3v) is 5.99. The molecule has 1 aliphatic heterocycles. The molecule has 0 saturated heterocycles. The second-order valence-corrected chi connectivity index (χ2v) is 8.31. The second-order valence-electron chi connectivity index (χ2n) is 8.31. The van der Waals surface area contributed by atoms with Crippen molar-refractivity contribution in [3.05, 3.63) is 65.5 Å². The van der Waals surface area contributed by atoms with E-state index in [1.54, 1.807) is 29.2 Å². The van der Waals surface area contributed by atoms with Gasteiger partial charge in [-0.1, -0.05) is 6.07 Å². The molecule has 2 aromatic heterocycles. The molecule has 35 heavy (non-hydrogen) atoms. The number of rotatable bonds is 4. The summed E-state index contributed by atoms with van der Waals surface area (Å²) >= 11 is 0. The minimum absolute atomic E-state index is 0.0617. The molecular formula is C24H23F2N7O2. The number of fused-ring (bicyclic) bond motifs is 3. The molecule has 0 spiro atoms. The predicted octanol–water partition coefficient (Wildman–Crippen LogP) is 4.08. The standard InChI is InChI=1S/C23H20FN7O2.CH3F/c1-13-9-17(24)16(10-20(13)30-11-19(25-12-30)14-5-6-14)23(32)26-18-4-2-3-15-21(18)33-8-7-31-22(15)27-28-29-31;1-2/h2-4,9-12,14H,5-8H2,1H3,(H,26,32);1H3. The van der Waals surface area contributed by atoms with Gasteiger partial charge in [0.25, 0.3) is 5.91 Å². The Morgan fingerprint density at radius 3 is 2.86 bits per heavy atom. The van der Waals surface area contributed by atoms with Crippen LogP contribution in [-0.2, 0) is 6.54 Å². The summed E-state index contributed by atoms with van der Waals surface area (Å²) < 4.78 is 33.7. The number of ether oxygens (including phenoxy) is 1. The number of imidazole rings is 1. The molecule has 1 fully saturated rings. The molecule has 6 rings (SSSR count). The first kappa shape index (κ1) is 22.6. The summed E-state index contributed by atoms with van der Waals surface area (Å²) in [6.45, 7) is 2.63. The van der Waals surface area contributed by atoms with Crippen molar-refractivity contribution in [1.82, 2.24) is 29.8 Å². The highest BCUT2D eigenvalue weighted by atomic mass is 19.1. The van der Waals surface area contributed by atoms with E-state index in [4.69, 9.17) is 4.74 Å². The van der Waals surface area contributed by atoms with Crippen molar-refractivity contribution in [2.45, 2.75) is 32.2 Å². The first-order chi connectivity index (χ1) is 17.1. The Bertz CT molecular complexity index is 1390. The number of amides is 1. The first-order valence-electron chi connectivity index (χ1n) is 11.1. The summed E-state index contributed by atoms with van der Waals surface area (Å²) in [6, 6.07) is 8.23. The minimum atomic E-state index is -0.594. The van der Waals surface area contributed by atoms with Crippen LogP contribution in [0, 0.1) is 12.7 Å². The second kappa shape index (κ2) is 9.24. The number of nitrogens with zero attached hydrogens (tertiary/aromatic N) is 6. The Hall–Kier alpha value is -4.15. The van der Waals surface area contributed by atoms with Crippen LogP contribution in [0.15, 0.2) is 42.9 Å². The molecule has 0 unspecified atom stereocenters. The molecule has 0 atom stereocenters. The maximum atomic E-state index is 14.9. The Kier molecular flexibility index (Phi) is 5.98. The Morgan fingerprint density at radius 1 is 1.23 bits per heavy atom. The fourth-order valence-electron chi connectivity index (χ4n) is 4.11. The smallest absolute Gasteiger partial charge is 0.258 e. The van der Waals surface area contributed by atoms with Crippen molar-refractivity contribution in [2.24, 2.45) is 0 Å². The maximum absolute atomic E-state index is 14.9. The van der Waals surface area contributed by atoms with Crippen LogP contribution in [-0.4, -0.2) is 49.4 Å². The minimum Gasteiger partial charge on any atom is -0.489 e. The number of hydrogen-bond donors (Lipinski definition) is 1. The summed E-state index contributed by atoms with van der Waals surface area (Å²) in [5, 5.41) is 14.5. The summed E-state index contributed by atoms with van der Waals surface area (Å²) in [7, 11) is 0.500. The van der Waals surface area contributed by atoms with Crippen LogP contribution in [0.25, 0.3) is 17.1 Å². The monoisotopic (exact) mass is 479 g/mol. The van der Waals surface area contributed by atoms with Gasteiger partial charge in [-0.15, -0.1) is 5.10 Å². The number of carbonyl (C=O) groups excluding carboxylic acids is 1. The van der Waals surface area contributed by atoms with Gasteiger partial charge in [0.2, 0.25) is 0 Å². The van der Waals surface area contributed by atoms with E-state index < -0.39 is 11.7 Å². The molecule has 0 bridgehead atoms. The molecule has 180 valence electrons. The fraction of sp³-hybridized carbons (Fsp3) is 0.292. The fourth-order valence-corrected chi connectivity index (χ4v) is 4.11. The molecule has 1 N–H and O–H groups in total. The van der Waals surface area contributed by atoms with Gasteiger partial charge in [-0.3, -0.25) is 9.18 Å². The molecule has 2 aromatic carbocycles. The molecule has 4 aromatic rings. The normalized spacial score (nSPS) is 14.1. The maximum Gasteiger partial charge on any atom is 0.258 e. The van der Waals surface area contributed by atoms with E-state index in [0.717, 1.165) is 18.5 Å². The largest absolute Gasteiger partial charge is 0.489 e. The van der Waals surface area contributed by atoms with Crippen molar-refractivity contribution in [3.8, 4) is 22.8 Å². The summed E-state index contributed by atoms with van der Waals surface area (Å²) in [6.07, 6.45) is 5.95. The zero-order chi connectivity index (χ0) is 24.5. The summed E-state index contributed by atoms with van der Waals surface area (Å²) in [5.41, 5.74) is 3.47. The lowest BCUT2D eigenvalue weighted by Crippen LogP contribution is -2.16. The van der Waals surface area contributed by atoms with E-state index in [9.17, 15) is 13.6 Å². The van der Waals surface area contributed by atoms with E-state index in [0.29, 0.717) is 60.3 Å². The number of carbonyl (C=O) groups is 1. The van der Waals surface area contributed by atoms with Crippen molar-refractivity contribution in [2.75, 3.05) is 19.1 Å². The lowest BCUT2D eigenvalue weighted by molar-refractivity contribution is 0.102. The number of anilines is 1. The molecule has 1 aliphatic carbocycles. The Labute approximate surface area is 199 Å². The van der Waals surface area contributed by atoms with Crippen molar-refractivity contribution in [3.63, 3.8) is 0 Å². The SMILES string of the molecule is CF.Cc1cc(F)c(C(=O)Nc2cccc3c2OCCn2nnnc2-3)cc1-n1cnc(C2CC2)c1. The average molecular weight is 479 g/mol. The number of benzene rings is 2. The highest BCUT2D eigenvalue weighted by molar-refractivity contribution is 6.06. The molecule has 11 heteroatoms. The number of aromatic nitrogens is 6. The van der Waals surface area contributed by atoms with E-state index in [1.165, 1.54) is 6.07 Å². The third kappa shape index (κ3) is 4.25. The van der Waals surface area contributed by atoms with E-state index in [-0.39, 0.29) is 5.56 Å². The van der Waals surface area contributed by atoms with Crippen LogP contribution in [0.5, 0.6) is 5.75 Å². The number of tetrazole rings is 1. The number of aryl methyl sites for hydroxylation is 1. The van der Waals surface area contributed by atoms with Crippen LogP contribution in [0.4, 0.5) is 14.5 Å². The Morgan fingerprint density at radius 2 is 2.06 bits per heavy atom. The van der Waals surface area contributed by atoms with Gasteiger partial charge in [-0.25, -0.2) is 14.1 Å². The molecular weight excluding hydrogens is 456 g/mol. The lowest BCUT2D eigenvalue weighted by atomic mass is 10.1. The lowest BCUT2D eigenvalue weighted by Gasteiger charge is -2.15. The average Bonchev–Trinajstić information content (AvgIpc) is 3.47. The summed E-state index contributed by atoms with van der Waals surface area (Å²) in [5.74, 6) is 0.342. The van der Waals surface area contributed by atoms with Crippen LogP contribution in [0.2, 0.25) is 0 Å². The molecule has 2 aliphatic rings. The highest BCUT2D eigenvalue weighted by Gasteiger charge is 2.27. The van der Waals surface area contributed by atoms with Crippen molar-refractivity contribution < 1.29 is 18.3 Å². The molecule has 1 saturated carbocycles. The Balaban J connectivity index is 0.00000124. The van der Waals surface area contributed by atoms with Crippen LogP contribution in [0.3, 0.4) is 0 Å². The highest BCUT2D eigenvalue weighted by Crippen LogP contribution is 2.39. The first-order valence-corrected chi connectivity index (χ1v) is 11.1. The van der Waals surface area contributed by atoms with Crippen molar-refractivity contribution in [1.29, 1.82) is 0 Å². The number of hydrogen-bond acceptors (Lipinski definition) is 6. The van der Waals surface area contributed by atoms with Gasteiger partial charge < -0.3 is 14.6 Å². The third-order valence-electron chi connectivity index (χ3n) is 5.99. The predicted molar refractivity (Wildman–Crippen MR) is 124 cm³/mol. The number of nitrogens with one attached hydrogen (secondary N) is 1. The van der Waals surface area contributed by atoms with Crippen molar-refractivity contribution >= 4 is 11.6 Å². The molecule has 1 amide bonds. The van der Waals surface area contributed by atoms with Gasteiger partial charge in [0.1, 0.15) is 12.4 Å². The molecule has 3 heterocycles. The topological polar surface area (TPSA) is 99.7 Å². The number of alkyl halides is 1. The molecule has 9 nitrogen and oxygen atoms in total. The van der Waals surface area contributed by atoms with Gasteiger partial charge in [-0.2, -0.15) is 0 Å². The zero-order valence-corrected chi connectivity index (χ0v) is 19.2. The number of para-hydroxylation sites is 1. The van der Waals surface area contributed by atoms with Crippen LogP contribution in [0.1, 0.15) is 40.4 Å². The molecule has 0 radical (unpaired) electrons. The van der Waals surface area contributed by atoms with Gasteiger partial charge in [0.15, 0.2) is 11.6 Å². The van der Waals surface area contributed by atoms with Crippen LogP contribution >= 0.6 is 0 Å². The quantitative estimate of drug-likeness (QED) is 0.474. The van der Waals surface area contributed by atoms with Gasteiger partial charge in [-0.05, 0) is 60.0 Å². The summed E-state index contributed by atoms with van der Waals surface area (Å²) in [4.78, 5) is 17.6.